The molecule has 3 heteroatoms. The highest BCUT2D eigenvalue weighted by Crippen LogP contribution is 2.22. The van der Waals surface area contributed by atoms with Crippen LogP contribution in [0.4, 0.5) is 5.82 Å². The summed E-state index contributed by atoms with van der Waals surface area (Å²) in [4.78, 5) is 4.48. The third kappa shape index (κ3) is 4.48. The number of hydrogen-bond donors (Lipinski definition) is 1. The van der Waals surface area contributed by atoms with Gasteiger partial charge in [0.15, 0.2) is 0 Å². The first-order chi connectivity index (χ1) is 9.99. The van der Waals surface area contributed by atoms with E-state index in [9.17, 15) is 0 Å². The van der Waals surface area contributed by atoms with Crippen molar-refractivity contribution < 1.29 is 4.74 Å². The lowest BCUT2D eigenvalue weighted by Crippen LogP contribution is -2.11. The Bertz CT molecular complexity index is 571. The molecule has 0 aliphatic heterocycles. The maximum Gasteiger partial charge on any atom is 0.126 e. The lowest BCUT2D eigenvalue weighted by Gasteiger charge is -2.18. The molecular formula is C18H24N2O. The molecule has 0 unspecified atom stereocenters. The van der Waals surface area contributed by atoms with Gasteiger partial charge in [0.1, 0.15) is 11.6 Å². The number of ether oxygens (including phenoxy) is 1. The van der Waals surface area contributed by atoms with E-state index < -0.39 is 0 Å². The van der Waals surface area contributed by atoms with E-state index in [1.165, 1.54) is 11.1 Å². The predicted octanol–water partition coefficient (Wildman–Crippen LogP) is 4.39. The molecule has 112 valence electrons. The summed E-state index contributed by atoms with van der Waals surface area (Å²) in [6.45, 7) is 9.99. The number of anilines is 1. The summed E-state index contributed by atoms with van der Waals surface area (Å²) in [5.74, 6) is 1.80. The summed E-state index contributed by atoms with van der Waals surface area (Å²) >= 11 is 0. The lowest BCUT2D eigenvalue weighted by atomic mass is 9.88. The molecular weight excluding hydrogens is 260 g/mol. The molecule has 0 amide bonds. The average molecular weight is 284 g/mol. The van der Waals surface area contributed by atoms with Crippen LogP contribution in [-0.2, 0) is 12.0 Å². The Hall–Kier alpha value is -2.03. The summed E-state index contributed by atoms with van der Waals surface area (Å²) in [5.41, 5.74) is 2.56. The number of nitrogens with zero attached hydrogens (tertiary/aromatic N) is 1. The number of pyridine rings is 1. The van der Waals surface area contributed by atoms with Crippen molar-refractivity contribution in [2.45, 2.75) is 39.7 Å². The van der Waals surface area contributed by atoms with Crippen molar-refractivity contribution in [1.29, 1.82) is 0 Å². The number of aromatic nitrogens is 1. The van der Waals surface area contributed by atoms with E-state index in [1.807, 2.05) is 31.3 Å². The van der Waals surface area contributed by atoms with E-state index in [0.29, 0.717) is 6.61 Å². The Labute approximate surface area is 127 Å². The van der Waals surface area contributed by atoms with Crippen molar-refractivity contribution in [2.24, 2.45) is 0 Å². The number of nitrogens with one attached hydrogen (secondary N) is 1. The maximum absolute atomic E-state index is 5.51. The van der Waals surface area contributed by atoms with Crippen molar-refractivity contribution in [2.75, 3.05) is 11.9 Å². The molecule has 1 aromatic carbocycles. The molecule has 0 aliphatic rings. The van der Waals surface area contributed by atoms with Gasteiger partial charge in [0.2, 0.25) is 0 Å². The second-order valence-electron chi connectivity index (χ2n) is 6.12. The topological polar surface area (TPSA) is 34.1 Å². The predicted molar refractivity (Wildman–Crippen MR) is 87.9 cm³/mol. The Morgan fingerprint density at radius 3 is 2.57 bits per heavy atom. The van der Waals surface area contributed by atoms with Gasteiger partial charge in [-0.05, 0) is 41.7 Å². The largest absolute Gasteiger partial charge is 0.494 e. The van der Waals surface area contributed by atoms with Crippen LogP contribution in [0, 0.1) is 0 Å². The SMILES string of the molecule is CCOc1cccc(CNc2ccc(C(C)(C)C)cn2)c1. The summed E-state index contributed by atoms with van der Waals surface area (Å²) < 4.78 is 5.51. The fraction of sp³-hybridized carbons (Fsp3) is 0.389. The van der Waals surface area contributed by atoms with Gasteiger partial charge in [0.05, 0.1) is 6.61 Å². The standard InChI is InChI=1S/C18H24N2O/c1-5-21-16-8-6-7-14(11-16)12-19-17-10-9-15(13-20-17)18(2,3)4/h6-11,13H,5,12H2,1-4H3,(H,19,20). The second kappa shape index (κ2) is 6.61. The summed E-state index contributed by atoms with van der Waals surface area (Å²) in [7, 11) is 0. The van der Waals surface area contributed by atoms with Gasteiger partial charge in [-0.3, -0.25) is 0 Å². The monoisotopic (exact) mass is 284 g/mol. The normalized spacial score (nSPS) is 11.2. The van der Waals surface area contributed by atoms with Crippen LogP contribution in [0.25, 0.3) is 0 Å². The molecule has 0 saturated heterocycles. The Morgan fingerprint density at radius 1 is 1.14 bits per heavy atom. The zero-order valence-corrected chi connectivity index (χ0v) is 13.3. The molecule has 0 radical (unpaired) electrons. The fourth-order valence-corrected chi connectivity index (χ4v) is 2.05. The Balaban J connectivity index is 1.98. The van der Waals surface area contributed by atoms with Crippen molar-refractivity contribution in [3.05, 3.63) is 53.7 Å². The number of rotatable bonds is 5. The summed E-state index contributed by atoms with van der Waals surface area (Å²) in [6.07, 6.45) is 1.94. The molecule has 1 N–H and O–H groups in total. The highest BCUT2D eigenvalue weighted by Gasteiger charge is 2.13. The van der Waals surface area contributed by atoms with E-state index >= 15 is 0 Å². The van der Waals surface area contributed by atoms with Gasteiger partial charge in [-0.15, -0.1) is 0 Å². The minimum atomic E-state index is 0.136. The van der Waals surface area contributed by atoms with E-state index in [1.54, 1.807) is 0 Å². The highest BCUT2D eigenvalue weighted by molar-refractivity contribution is 5.39. The molecule has 2 rings (SSSR count). The Kier molecular flexibility index (Phi) is 4.84. The van der Waals surface area contributed by atoms with Crippen LogP contribution in [-0.4, -0.2) is 11.6 Å². The molecule has 1 heterocycles. The van der Waals surface area contributed by atoms with Gasteiger partial charge in [-0.2, -0.15) is 0 Å². The lowest BCUT2D eigenvalue weighted by molar-refractivity contribution is 0.340. The third-order valence-corrected chi connectivity index (χ3v) is 3.31. The van der Waals surface area contributed by atoms with Gasteiger partial charge < -0.3 is 10.1 Å². The van der Waals surface area contributed by atoms with E-state index in [2.05, 4.69) is 49.3 Å². The fourth-order valence-electron chi connectivity index (χ4n) is 2.05. The molecule has 0 aliphatic carbocycles. The highest BCUT2D eigenvalue weighted by atomic mass is 16.5. The first kappa shape index (κ1) is 15.4. The zero-order valence-electron chi connectivity index (χ0n) is 13.3. The second-order valence-corrected chi connectivity index (χ2v) is 6.12. The van der Waals surface area contributed by atoms with E-state index in [0.717, 1.165) is 18.1 Å². The molecule has 0 spiro atoms. The number of benzene rings is 1. The summed E-state index contributed by atoms with van der Waals surface area (Å²) in [6, 6.07) is 12.3. The third-order valence-electron chi connectivity index (χ3n) is 3.31. The van der Waals surface area contributed by atoms with Crippen LogP contribution >= 0.6 is 0 Å². The van der Waals surface area contributed by atoms with Crippen LogP contribution in [0.5, 0.6) is 5.75 Å². The van der Waals surface area contributed by atoms with Crippen molar-refractivity contribution in [3.63, 3.8) is 0 Å². The molecule has 1 aromatic heterocycles. The zero-order chi connectivity index (χ0) is 15.3. The maximum atomic E-state index is 5.51. The first-order valence-electron chi connectivity index (χ1n) is 7.41. The van der Waals surface area contributed by atoms with Crippen LogP contribution in [0.15, 0.2) is 42.6 Å². The minimum absolute atomic E-state index is 0.136. The van der Waals surface area contributed by atoms with Gasteiger partial charge in [-0.1, -0.05) is 39.0 Å². The first-order valence-corrected chi connectivity index (χ1v) is 7.41. The molecule has 2 aromatic rings. The van der Waals surface area contributed by atoms with Crippen LogP contribution < -0.4 is 10.1 Å². The van der Waals surface area contributed by atoms with Gasteiger partial charge in [-0.25, -0.2) is 4.98 Å². The van der Waals surface area contributed by atoms with Crippen LogP contribution in [0.1, 0.15) is 38.8 Å². The minimum Gasteiger partial charge on any atom is -0.494 e. The Morgan fingerprint density at radius 2 is 1.95 bits per heavy atom. The number of hydrogen-bond acceptors (Lipinski definition) is 3. The van der Waals surface area contributed by atoms with E-state index in [-0.39, 0.29) is 5.41 Å². The molecule has 0 bridgehead atoms. The molecule has 21 heavy (non-hydrogen) atoms. The molecule has 0 fully saturated rings. The molecule has 0 atom stereocenters. The summed E-state index contributed by atoms with van der Waals surface area (Å²) in [5, 5.41) is 3.34. The van der Waals surface area contributed by atoms with Gasteiger partial charge in [0.25, 0.3) is 0 Å². The van der Waals surface area contributed by atoms with Crippen LogP contribution in [0.2, 0.25) is 0 Å². The average Bonchev–Trinajstić information content (AvgIpc) is 2.45. The molecule has 3 nitrogen and oxygen atoms in total. The van der Waals surface area contributed by atoms with E-state index in [4.69, 9.17) is 4.74 Å². The molecule has 0 saturated carbocycles. The van der Waals surface area contributed by atoms with Crippen molar-refractivity contribution in [1.82, 2.24) is 4.98 Å². The smallest absolute Gasteiger partial charge is 0.126 e. The van der Waals surface area contributed by atoms with Gasteiger partial charge >= 0.3 is 0 Å². The quantitative estimate of drug-likeness (QED) is 0.884. The van der Waals surface area contributed by atoms with Crippen molar-refractivity contribution >= 4 is 5.82 Å². The van der Waals surface area contributed by atoms with Gasteiger partial charge in [0, 0.05) is 12.7 Å². The van der Waals surface area contributed by atoms with Crippen LogP contribution in [0.3, 0.4) is 0 Å². The van der Waals surface area contributed by atoms with Crippen molar-refractivity contribution in [3.8, 4) is 5.75 Å².